The lowest BCUT2D eigenvalue weighted by Crippen LogP contribution is -2.50. The van der Waals surface area contributed by atoms with Crippen LogP contribution in [0.2, 0.25) is 0 Å². The van der Waals surface area contributed by atoms with Gasteiger partial charge in [0, 0.05) is 18.7 Å². The van der Waals surface area contributed by atoms with Gasteiger partial charge >= 0.3 is 6.03 Å². The third kappa shape index (κ3) is 3.85. The van der Waals surface area contributed by atoms with Crippen molar-refractivity contribution in [3.05, 3.63) is 24.3 Å². The quantitative estimate of drug-likeness (QED) is 0.718. The van der Waals surface area contributed by atoms with Crippen LogP contribution in [0, 0.1) is 0 Å². The van der Waals surface area contributed by atoms with E-state index in [9.17, 15) is 9.59 Å². The molecule has 2 aliphatic rings. The molecule has 23 heavy (non-hydrogen) atoms. The van der Waals surface area contributed by atoms with Crippen LogP contribution in [-0.2, 0) is 4.79 Å². The standard InChI is InChI=1S/C16H22N4O3/c1-23-13-5-2-4-12(10-13)18-19-15(21)14-6-3-9-20(14)16(22)17-11-7-8-11/h2,4-5,10-11,14,18H,3,6-9H2,1H3,(H,17,22)(H,19,21). The maximum absolute atomic E-state index is 12.4. The van der Waals surface area contributed by atoms with Crippen molar-refractivity contribution in [1.29, 1.82) is 0 Å². The number of urea groups is 1. The number of hydrogen-bond donors (Lipinski definition) is 3. The zero-order chi connectivity index (χ0) is 16.2. The summed E-state index contributed by atoms with van der Waals surface area (Å²) in [7, 11) is 1.59. The number of amides is 3. The predicted molar refractivity (Wildman–Crippen MR) is 86.0 cm³/mol. The van der Waals surface area contributed by atoms with Crippen LogP contribution in [0.5, 0.6) is 5.75 Å². The normalized spacial score (nSPS) is 20.0. The van der Waals surface area contributed by atoms with Gasteiger partial charge in [-0.15, -0.1) is 0 Å². The van der Waals surface area contributed by atoms with Gasteiger partial charge in [0.15, 0.2) is 0 Å². The molecule has 1 aliphatic carbocycles. The van der Waals surface area contributed by atoms with Crippen molar-refractivity contribution in [2.75, 3.05) is 19.1 Å². The lowest BCUT2D eigenvalue weighted by Gasteiger charge is -2.24. The molecule has 1 atom stereocenters. The minimum atomic E-state index is -0.424. The minimum Gasteiger partial charge on any atom is -0.497 e. The summed E-state index contributed by atoms with van der Waals surface area (Å²) >= 11 is 0. The highest BCUT2D eigenvalue weighted by atomic mass is 16.5. The van der Waals surface area contributed by atoms with Crippen LogP contribution in [0.4, 0.5) is 10.5 Å². The van der Waals surface area contributed by atoms with Gasteiger partial charge < -0.3 is 15.0 Å². The number of ether oxygens (including phenoxy) is 1. The number of hydrazine groups is 1. The van der Waals surface area contributed by atoms with Gasteiger partial charge in [-0.05, 0) is 37.8 Å². The molecule has 1 heterocycles. The van der Waals surface area contributed by atoms with Crippen LogP contribution < -0.4 is 20.9 Å². The lowest BCUT2D eigenvalue weighted by molar-refractivity contribution is -0.124. The molecule has 2 fully saturated rings. The fourth-order valence-electron chi connectivity index (χ4n) is 2.69. The number of carbonyl (C=O) groups is 2. The number of anilines is 1. The second-order valence-electron chi connectivity index (χ2n) is 5.92. The summed E-state index contributed by atoms with van der Waals surface area (Å²) in [5, 5.41) is 2.94. The van der Waals surface area contributed by atoms with Gasteiger partial charge in [-0.25, -0.2) is 4.79 Å². The zero-order valence-electron chi connectivity index (χ0n) is 13.2. The number of hydrogen-bond acceptors (Lipinski definition) is 4. The summed E-state index contributed by atoms with van der Waals surface area (Å²) in [5.41, 5.74) is 6.28. The Kier molecular flexibility index (Phi) is 4.55. The molecular weight excluding hydrogens is 296 g/mol. The van der Waals surface area contributed by atoms with E-state index >= 15 is 0 Å². The smallest absolute Gasteiger partial charge is 0.318 e. The molecule has 3 rings (SSSR count). The number of nitrogens with one attached hydrogen (secondary N) is 3. The van der Waals surface area contributed by atoms with E-state index in [1.807, 2.05) is 18.2 Å². The van der Waals surface area contributed by atoms with Crippen LogP contribution >= 0.6 is 0 Å². The van der Waals surface area contributed by atoms with Crippen molar-refractivity contribution >= 4 is 17.6 Å². The summed E-state index contributed by atoms with van der Waals surface area (Å²) in [4.78, 5) is 26.2. The Morgan fingerprint density at radius 1 is 1.26 bits per heavy atom. The Morgan fingerprint density at radius 2 is 2.09 bits per heavy atom. The van der Waals surface area contributed by atoms with Crippen molar-refractivity contribution in [3.8, 4) is 5.75 Å². The monoisotopic (exact) mass is 318 g/mol. The Hall–Kier alpha value is -2.44. The van der Waals surface area contributed by atoms with E-state index in [-0.39, 0.29) is 11.9 Å². The van der Waals surface area contributed by atoms with Crippen molar-refractivity contribution in [3.63, 3.8) is 0 Å². The van der Waals surface area contributed by atoms with Crippen LogP contribution in [0.1, 0.15) is 25.7 Å². The fourth-order valence-corrected chi connectivity index (χ4v) is 2.69. The first-order valence-corrected chi connectivity index (χ1v) is 7.94. The van der Waals surface area contributed by atoms with Crippen molar-refractivity contribution in [1.82, 2.24) is 15.6 Å². The van der Waals surface area contributed by atoms with Crippen LogP contribution in [0.3, 0.4) is 0 Å². The predicted octanol–water partition coefficient (Wildman–Crippen LogP) is 1.47. The third-order valence-electron chi connectivity index (χ3n) is 4.12. The highest BCUT2D eigenvalue weighted by molar-refractivity contribution is 5.88. The molecule has 124 valence electrons. The first-order valence-electron chi connectivity index (χ1n) is 7.94. The van der Waals surface area contributed by atoms with Crippen molar-refractivity contribution in [2.45, 2.75) is 37.8 Å². The summed E-state index contributed by atoms with van der Waals surface area (Å²) in [6.07, 6.45) is 3.60. The molecule has 1 saturated carbocycles. The van der Waals surface area contributed by atoms with E-state index in [1.165, 1.54) is 0 Å². The van der Waals surface area contributed by atoms with Gasteiger partial charge in [0.2, 0.25) is 0 Å². The number of benzene rings is 1. The van der Waals surface area contributed by atoms with Crippen molar-refractivity contribution < 1.29 is 14.3 Å². The first-order chi connectivity index (χ1) is 11.2. The molecule has 3 N–H and O–H groups in total. The number of likely N-dealkylation sites (tertiary alicyclic amines) is 1. The summed E-state index contributed by atoms with van der Waals surface area (Å²) in [6.45, 7) is 0.621. The van der Waals surface area contributed by atoms with Gasteiger partial charge in [0.05, 0.1) is 12.8 Å². The average Bonchev–Trinajstić information content (AvgIpc) is 3.24. The highest BCUT2D eigenvalue weighted by Crippen LogP contribution is 2.22. The SMILES string of the molecule is COc1cccc(NNC(=O)C2CCCN2C(=O)NC2CC2)c1. The number of rotatable bonds is 5. The molecule has 1 unspecified atom stereocenters. The Labute approximate surface area is 135 Å². The Balaban J connectivity index is 1.54. The van der Waals surface area contributed by atoms with Crippen LogP contribution in [0.25, 0.3) is 0 Å². The maximum atomic E-state index is 12.4. The van der Waals surface area contributed by atoms with E-state index in [2.05, 4.69) is 16.2 Å². The number of carbonyl (C=O) groups excluding carboxylic acids is 2. The van der Waals surface area contributed by atoms with E-state index in [0.29, 0.717) is 24.8 Å². The highest BCUT2D eigenvalue weighted by Gasteiger charge is 2.36. The molecule has 7 nitrogen and oxygen atoms in total. The van der Waals surface area contributed by atoms with Crippen molar-refractivity contribution in [2.24, 2.45) is 0 Å². The molecule has 7 heteroatoms. The molecule has 1 saturated heterocycles. The van der Waals surface area contributed by atoms with Gasteiger partial charge in [0.1, 0.15) is 11.8 Å². The Bertz CT molecular complexity index is 588. The zero-order valence-corrected chi connectivity index (χ0v) is 13.2. The van der Waals surface area contributed by atoms with Gasteiger partial charge in [-0.2, -0.15) is 0 Å². The summed E-state index contributed by atoms with van der Waals surface area (Å²) in [6, 6.07) is 7.01. The largest absolute Gasteiger partial charge is 0.497 e. The molecule has 1 aliphatic heterocycles. The lowest BCUT2D eigenvalue weighted by atomic mass is 10.2. The Morgan fingerprint density at radius 3 is 2.83 bits per heavy atom. The van der Waals surface area contributed by atoms with E-state index in [4.69, 9.17) is 4.74 Å². The van der Waals surface area contributed by atoms with Gasteiger partial charge in [-0.3, -0.25) is 15.6 Å². The molecule has 3 amide bonds. The minimum absolute atomic E-state index is 0.133. The van der Waals surface area contributed by atoms with E-state index in [1.54, 1.807) is 18.1 Å². The number of nitrogens with zero attached hydrogens (tertiary/aromatic N) is 1. The second-order valence-corrected chi connectivity index (χ2v) is 5.92. The topological polar surface area (TPSA) is 82.7 Å². The second kappa shape index (κ2) is 6.76. The van der Waals surface area contributed by atoms with E-state index < -0.39 is 6.04 Å². The maximum Gasteiger partial charge on any atom is 0.318 e. The molecule has 0 bridgehead atoms. The van der Waals surface area contributed by atoms with Crippen LogP contribution in [0.15, 0.2) is 24.3 Å². The van der Waals surface area contributed by atoms with E-state index in [0.717, 1.165) is 24.9 Å². The first kappa shape index (κ1) is 15.5. The molecule has 0 radical (unpaired) electrons. The third-order valence-corrected chi connectivity index (χ3v) is 4.12. The van der Waals surface area contributed by atoms with Crippen LogP contribution in [-0.4, -0.2) is 42.6 Å². The molecule has 0 aromatic heterocycles. The van der Waals surface area contributed by atoms with Gasteiger partial charge in [0.25, 0.3) is 5.91 Å². The number of methoxy groups -OCH3 is 1. The average molecular weight is 318 g/mol. The molecule has 1 aromatic rings. The fraction of sp³-hybridized carbons (Fsp3) is 0.500. The molecular formula is C16H22N4O3. The summed E-state index contributed by atoms with van der Waals surface area (Å²) in [5.74, 6) is 0.506. The van der Waals surface area contributed by atoms with Gasteiger partial charge in [-0.1, -0.05) is 6.07 Å². The summed E-state index contributed by atoms with van der Waals surface area (Å²) < 4.78 is 5.14. The molecule has 0 spiro atoms. The molecule has 1 aromatic carbocycles.